The number of halogens is 2. The monoisotopic (exact) mass is 690 g/mol. The average molecular weight is 692 g/mol. The standard InChI is InChI=1S/C33H40Cl2N4O8/c1-33(2,3)47-29(42)17-25(27(40)19-46-18-21-22(34)11-7-12-23(21)35)37-31(44)26-13-8-16-38-28(41)15-14-24(32(45)39(26)38)36-30(43)20-9-5-4-6-10-20/h4-7,9-12,24-27,40H,8,13-19H2,1-3H3,(H,36,43)(H,37,44)/t24-,25-,26-,27?/m0/s1. The lowest BCUT2D eigenvalue weighted by Crippen LogP contribution is -2.64. The van der Waals surface area contributed by atoms with E-state index in [-0.39, 0.29) is 44.9 Å². The molecule has 1 unspecified atom stereocenters. The molecule has 0 bridgehead atoms. The fraction of sp³-hybridized carbons (Fsp3) is 0.485. The number of amides is 4. The molecule has 0 aliphatic carbocycles. The van der Waals surface area contributed by atoms with E-state index in [9.17, 15) is 29.1 Å². The molecular formula is C33H40Cl2N4O8. The predicted octanol–water partition coefficient (Wildman–Crippen LogP) is 3.41. The lowest BCUT2D eigenvalue weighted by atomic mass is 10.0. The van der Waals surface area contributed by atoms with Gasteiger partial charge in [-0.15, -0.1) is 0 Å². The van der Waals surface area contributed by atoms with Gasteiger partial charge < -0.3 is 25.2 Å². The molecule has 14 heteroatoms. The Bertz CT molecular complexity index is 1450. The van der Waals surface area contributed by atoms with Crippen molar-refractivity contribution in [2.45, 2.75) is 89.3 Å². The van der Waals surface area contributed by atoms with E-state index in [1.54, 1.807) is 69.3 Å². The summed E-state index contributed by atoms with van der Waals surface area (Å²) in [4.78, 5) is 66.6. The molecule has 4 rings (SSSR count). The number of benzene rings is 2. The van der Waals surface area contributed by atoms with Gasteiger partial charge >= 0.3 is 5.97 Å². The second-order valence-corrected chi connectivity index (χ2v) is 13.3. The van der Waals surface area contributed by atoms with Gasteiger partial charge in [0.15, 0.2) is 0 Å². The maximum Gasteiger partial charge on any atom is 0.308 e. The van der Waals surface area contributed by atoms with Crippen molar-refractivity contribution in [1.29, 1.82) is 0 Å². The van der Waals surface area contributed by atoms with E-state index in [0.29, 0.717) is 27.6 Å². The Morgan fingerprint density at radius 1 is 1.02 bits per heavy atom. The van der Waals surface area contributed by atoms with Crippen LogP contribution in [0.1, 0.15) is 68.8 Å². The van der Waals surface area contributed by atoms with Gasteiger partial charge in [-0.05, 0) is 64.3 Å². The van der Waals surface area contributed by atoms with Gasteiger partial charge in [-0.1, -0.05) is 47.5 Å². The van der Waals surface area contributed by atoms with Crippen LogP contribution in [-0.2, 0) is 35.3 Å². The molecule has 0 radical (unpaired) electrons. The molecule has 47 heavy (non-hydrogen) atoms. The van der Waals surface area contributed by atoms with Crippen molar-refractivity contribution in [3.05, 3.63) is 69.7 Å². The number of carbonyl (C=O) groups is 5. The average Bonchev–Trinajstić information content (AvgIpc) is 3.13. The zero-order valence-corrected chi connectivity index (χ0v) is 28.1. The number of hydrazine groups is 1. The second-order valence-electron chi connectivity index (χ2n) is 12.5. The number of esters is 1. The molecular weight excluding hydrogens is 651 g/mol. The van der Waals surface area contributed by atoms with Crippen molar-refractivity contribution in [2.24, 2.45) is 0 Å². The Morgan fingerprint density at radius 3 is 2.36 bits per heavy atom. The summed E-state index contributed by atoms with van der Waals surface area (Å²) in [5.41, 5.74) is 0.0328. The maximum absolute atomic E-state index is 13.9. The SMILES string of the molecule is CC(C)(C)OC(=O)C[C@H](NC(=O)[C@@H]1CCCN2C(=O)CC[C@H](NC(=O)c3ccccc3)C(=O)N12)C(O)COCc1c(Cl)cccc1Cl. The third kappa shape index (κ3) is 9.66. The number of hydrogen-bond donors (Lipinski definition) is 3. The third-order valence-corrected chi connectivity index (χ3v) is 8.41. The molecule has 2 aliphatic heterocycles. The minimum Gasteiger partial charge on any atom is -0.460 e. The number of rotatable bonds is 11. The molecule has 2 heterocycles. The van der Waals surface area contributed by atoms with Gasteiger partial charge in [0.2, 0.25) is 11.8 Å². The first-order valence-electron chi connectivity index (χ1n) is 15.5. The van der Waals surface area contributed by atoms with Crippen LogP contribution in [0.25, 0.3) is 0 Å². The Balaban J connectivity index is 1.51. The van der Waals surface area contributed by atoms with Crippen LogP contribution in [0, 0.1) is 0 Å². The minimum atomic E-state index is -1.38. The summed E-state index contributed by atoms with van der Waals surface area (Å²) in [6, 6.07) is 9.95. The topological polar surface area (TPSA) is 155 Å². The van der Waals surface area contributed by atoms with Crippen LogP contribution < -0.4 is 10.6 Å². The van der Waals surface area contributed by atoms with E-state index < -0.39 is 59.9 Å². The molecule has 2 aromatic rings. The number of nitrogens with zero attached hydrogens (tertiary/aromatic N) is 2. The van der Waals surface area contributed by atoms with Crippen LogP contribution in [-0.4, -0.2) is 87.7 Å². The van der Waals surface area contributed by atoms with Crippen molar-refractivity contribution < 1.29 is 38.6 Å². The van der Waals surface area contributed by atoms with E-state index >= 15 is 0 Å². The Morgan fingerprint density at radius 2 is 1.70 bits per heavy atom. The number of nitrogens with one attached hydrogen (secondary N) is 2. The molecule has 0 aromatic heterocycles. The van der Waals surface area contributed by atoms with Gasteiger partial charge in [-0.3, -0.25) is 29.0 Å². The Kier molecular flexibility index (Phi) is 12.2. The first kappa shape index (κ1) is 36.1. The smallest absolute Gasteiger partial charge is 0.308 e. The summed E-state index contributed by atoms with van der Waals surface area (Å²) in [5, 5.41) is 19.7. The molecule has 2 saturated heterocycles. The van der Waals surface area contributed by atoms with E-state index in [1.165, 1.54) is 5.01 Å². The van der Waals surface area contributed by atoms with Crippen molar-refractivity contribution in [2.75, 3.05) is 13.2 Å². The van der Waals surface area contributed by atoms with Crippen molar-refractivity contribution in [1.82, 2.24) is 20.7 Å². The first-order chi connectivity index (χ1) is 22.2. The van der Waals surface area contributed by atoms with Crippen LogP contribution in [0.15, 0.2) is 48.5 Å². The van der Waals surface area contributed by atoms with Crippen molar-refractivity contribution in [3.63, 3.8) is 0 Å². The maximum atomic E-state index is 13.9. The van der Waals surface area contributed by atoms with E-state index in [0.717, 1.165) is 5.01 Å². The fourth-order valence-electron chi connectivity index (χ4n) is 5.43. The third-order valence-electron chi connectivity index (χ3n) is 7.70. The van der Waals surface area contributed by atoms with Gasteiger partial charge in [-0.25, -0.2) is 5.01 Å². The normalized spacial score (nSPS) is 19.7. The fourth-order valence-corrected chi connectivity index (χ4v) is 5.94. The molecule has 4 atom stereocenters. The Labute approximate surface area is 283 Å². The molecule has 3 N–H and O–H groups in total. The van der Waals surface area contributed by atoms with Gasteiger partial charge in [0, 0.05) is 34.1 Å². The van der Waals surface area contributed by atoms with Gasteiger partial charge in [0.05, 0.1) is 31.8 Å². The summed E-state index contributed by atoms with van der Waals surface area (Å²) in [7, 11) is 0. The van der Waals surface area contributed by atoms with E-state index in [1.807, 2.05) is 0 Å². The molecule has 2 aliphatic rings. The highest BCUT2D eigenvalue weighted by molar-refractivity contribution is 6.35. The molecule has 12 nitrogen and oxygen atoms in total. The van der Waals surface area contributed by atoms with Crippen molar-refractivity contribution in [3.8, 4) is 0 Å². The molecule has 254 valence electrons. The van der Waals surface area contributed by atoms with Crippen LogP contribution in [0.5, 0.6) is 0 Å². The first-order valence-corrected chi connectivity index (χ1v) is 16.2. The summed E-state index contributed by atoms with van der Waals surface area (Å²) in [5.74, 6) is -2.81. The quantitative estimate of drug-likeness (QED) is 0.303. The van der Waals surface area contributed by atoms with Crippen LogP contribution in [0.3, 0.4) is 0 Å². The Hall–Kier alpha value is -3.71. The summed E-state index contributed by atoms with van der Waals surface area (Å²) < 4.78 is 11.1. The van der Waals surface area contributed by atoms with Gasteiger partial charge in [0.1, 0.15) is 17.7 Å². The summed E-state index contributed by atoms with van der Waals surface area (Å²) in [6.07, 6.45) is -1.10. The molecule has 4 amide bonds. The van der Waals surface area contributed by atoms with E-state index in [2.05, 4.69) is 10.6 Å². The number of aliphatic hydroxyl groups excluding tert-OH is 1. The van der Waals surface area contributed by atoms with Gasteiger partial charge in [-0.2, -0.15) is 0 Å². The zero-order chi connectivity index (χ0) is 34.3. The largest absolute Gasteiger partial charge is 0.460 e. The summed E-state index contributed by atoms with van der Waals surface area (Å²) in [6.45, 7) is 4.95. The molecule has 0 saturated carbocycles. The zero-order valence-electron chi connectivity index (χ0n) is 26.5. The number of hydrogen-bond acceptors (Lipinski definition) is 8. The number of aliphatic hydroxyl groups is 1. The summed E-state index contributed by atoms with van der Waals surface area (Å²) >= 11 is 12.4. The van der Waals surface area contributed by atoms with Gasteiger partial charge in [0.25, 0.3) is 11.8 Å². The predicted molar refractivity (Wildman–Crippen MR) is 173 cm³/mol. The van der Waals surface area contributed by atoms with Crippen molar-refractivity contribution >= 4 is 52.8 Å². The highest BCUT2D eigenvalue weighted by Gasteiger charge is 2.45. The van der Waals surface area contributed by atoms with Crippen LogP contribution in [0.4, 0.5) is 0 Å². The minimum absolute atomic E-state index is 0.0108. The lowest BCUT2D eigenvalue weighted by molar-refractivity contribution is -0.176. The number of carbonyl (C=O) groups excluding carboxylic acids is 5. The number of ether oxygens (including phenoxy) is 2. The highest BCUT2D eigenvalue weighted by Crippen LogP contribution is 2.27. The van der Waals surface area contributed by atoms with Crippen LogP contribution in [0.2, 0.25) is 10.0 Å². The molecule has 2 aromatic carbocycles. The molecule has 0 spiro atoms. The van der Waals surface area contributed by atoms with E-state index in [4.69, 9.17) is 32.7 Å². The second kappa shape index (κ2) is 15.9. The highest BCUT2D eigenvalue weighted by atomic mass is 35.5. The lowest BCUT2D eigenvalue weighted by Gasteiger charge is -2.43. The van der Waals surface area contributed by atoms with Crippen LogP contribution >= 0.6 is 23.2 Å². The number of fused-ring (bicyclic) bond motifs is 1. The molecule has 2 fully saturated rings.